The summed E-state index contributed by atoms with van der Waals surface area (Å²) >= 11 is 0. The van der Waals surface area contributed by atoms with Crippen molar-refractivity contribution in [3.8, 4) is 23.0 Å². The zero-order valence-electron chi connectivity index (χ0n) is 16.7. The Balaban J connectivity index is 1.57. The highest BCUT2D eigenvalue weighted by atomic mass is 16.7. The summed E-state index contributed by atoms with van der Waals surface area (Å²) < 4.78 is 21.4. The monoisotopic (exact) mass is 386 g/mol. The van der Waals surface area contributed by atoms with Gasteiger partial charge in [0.1, 0.15) is 11.5 Å². The number of carbonyl (C=O) groups excluding carboxylic acids is 1. The Morgan fingerprint density at radius 3 is 2.68 bits per heavy atom. The average Bonchev–Trinajstić information content (AvgIpc) is 3.14. The third kappa shape index (κ3) is 4.67. The van der Waals surface area contributed by atoms with E-state index in [1.165, 1.54) is 0 Å². The lowest BCUT2D eigenvalue weighted by Gasteiger charge is -2.21. The fourth-order valence-corrected chi connectivity index (χ4v) is 3.19. The number of fused-ring (bicyclic) bond motifs is 1. The van der Waals surface area contributed by atoms with Gasteiger partial charge in [-0.15, -0.1) is 0 Å². The molecule has 0 bridgehead atoms. The normalized spacial score (nSPS) is 13.3. The van der Waals surface area contributed by atoms with Crippen LogP contribution in [-0.4, -0.2) is 45.4 Å². The maximum absolute atomic E-state index is 12.5. The molecule has 1 N–H and O–H groups in total. The molecule has 7 nitrogen and oxygen atoms in total. The first-order chi connectivity index (χ1) is 13.5. The largest absolute Gasteiger partial charge is 0.497 e. The number of likely N-dealkylation sites (N-methyl/N-ethyl adjacent to an activating group) is 1. The van der Waals surface area contributed by atoms with Crippen molar-refractivity contribution in [3.05, 3.63) is 47.5 Å². The van der Waals surface area contributed by atoms with Crippen molar-refractivity contribution in [3.63, 3.8) is 0 Å². The maximum Gasteiger partial charge on any atom is 0.234 e. The molecule has 2 aromatic carbocycles. The van der Waals surface area contributed by atoms with Crippen LogP contribution in [0, 0.1) is 0 Å². The van der Waals surface area contributed by atoms with Gasteiger partial charge in [0, 0.05) is 12.1 Å². The maximum atomic E-state index is 12.5. The van der Waals surface area contributed by atoms with E-state index in [4.69, 9.17) is 18.9 Å². The molecule has 0 aromatic heterocycles. The van der Waals surface area contributed by atoms with Gasteiger partial charge in [0.2, 0.25) is 12.7 Å². The van der Waals surface area contributed by atoms with E-state index in [2.05, 4.69) is 5.32 Å². The van der Waals surface area contributed by atoms with Crippen LogP contribution in [0.4, 0.5) is 0 Å². The van der Waals surface area contributed by atoms with E-state index in [0.717, 1.165) is 28.4 Å². The number of amides is 1. The summed E-state index contributed by atoms with van der Waals surface area (Å²) in [6, 6.07) is 11.1. The molecule has 0 fully saturated rings. The van der Waals surface area contributed by atoms with Gasteiger partial charge in [-0.25, -0.2) is 0 Å². The molecule has 0 unspecified atom stereocenters. The van der Waals surface area contributed by atoms with E-state index in [-0.39, 0.29) is 25.3 Å². The molecule has 1 aliphatic heterocycles. The van der Waals surface area contributed by atoms with Crippen LogP contribution in [-0.2, 0) is 11.3 Å². The molecule has 1 amide bonds. The van der Waals surface area contributed by atoms with Crippen molar-refractivity contribution < 1.29 is 23.7 Å². The van der Waals surface area contributed by atoms with E-state index < -0.39 is 0 Å². The molecule has 3 rings (SSSR count). The van der Waals surface area contributed by atoms with Crippen LogP contribution >= 0.6 is 0 Å². The first-order valence-corrected chi connectivity index (χ1v) is 9.08. The lowest BCUT2D eigenvalue weighted by molar-refractivity contribution is -0.122. The number of carbonyl (C=O) groups is 1. The highest BCUT2D eigenvalue weighted by molar-refractivity contribution is 5.78. The molecular weight excluding hydrogens is 360 g/mol. The SMILES string of the molecule is COc1ccc(OC)c([C@H](C)NC(=O)CN(C)Cc2ccc3c(c2)OCO3)c1. The Bertz CT molecular complexity index is 840. The van der Waals surface area contributed by atoms with Gasteiger partial charge < -0.3 is 24.3 Å². The van der Waals surface area contributed by atoms with Crippen molar-refractivity contribution in [2.24, 2.45) is 0 Å². The standard InChI is InChI=1S/C21H26N2O5/c1-14(17-10-16(25-3)6-8-18(17)26-4)22-21(24)12-23(2)11-15-5-7-19-20(9-15)28-13-27-19/h5-10,14H,11-13H2,1-4H3,(H,22,24)/t14-/m0/s1. The minimum Gasteiger partial charge on any atom is -0.497 e. The van der Waals surface area contributed by atoms with Gasteiger partial charge >= 0.3 is 0 Å². The summed E-state index contributed by atoms with van der Waals surface area (Å²) in [7, 11) is 5.12. The van der Waals surface area contributed by atoms with Crippen LogP contribution in [0.3, 0.4) is 0 Å². The predicted octanol–water partition coefficient (Wildman–Crippen LogP) is 2.74. The van der Waals surface area contributed by atoms with Crippen molar-refractivity contribution in [1.82, 2.24) is 10.2 Å². The Morgan fingerprint density at radius 1 is 1.14 bits per heavy atom. The lowest BCUT2D eigenvalue weighted by atomic mass is 10.1. The number of hydrogen-bond donors (Lipinski definition) is 1. The van der Waals surface area contributed by atoms with Gasteiger partial charge in [-0.2, -0.15) is 0 Å². The topological polar surface area (TPSA) is 69.3 Å². The second-order valence-corrected chi connectivity index (χ2v) is 6.76. The van der Waals surface area contributed by atoms with Crippen LogP contribution < -0.4 is 24.3 Å². The molecule has 0 aliphatic carbocycles. The summed E-state index contributed by atoms with van der Waals surface area (Å²) in [5.41, 5.74) is 1.93. The number of hydrogen-bond acceptors (Lipinski definition) is 6. The Hall–Kier alpha value is -2.93. The summed E-state index contributed by atoms with van der Waals surface area (Å²) in [6.45, 7) is 3.07. The van der Waals surface area contributed by atoms with Crippen LogP contribution in [0.1, 0.15) is 24.1 Å². The molecule has 0 saturated heterocycles. The molecule has 2 aromatic rings. The predicted molar refractivity (Wildman–Crippen MR) is 105 cm³/mol. The lowest BCUT2D eigenvalue weighted by Crippen LogP contribution is -2.36. The first kappa shape index (κ1) is 19.8. The number of benzene rings is 2. The summed E-state index contributed by atoms with van der Waals surface area (Å²) in [6.07, 6.45) is 0. The Morgan fingerprint density at radius 2 is 1.93 bits per heavy atom. The van der Waals surface area contributed by atoms with Gasteiger partial charge in [-0.1, -0.05) is 6.07 Å². The third-order valence-corrected chi connectivity index (χ3v) is 4.58. The van der Waals surface area contributed by atoms with Crippen molar-refractivity contribution >= 4 is 5.91 Å². The zero-order chi connectivity index (χ0) is 20.1. The number of methoxy groups -OCH3 is 2. The number of rotatable bonds is 8. The molecule has 7 heteroatoms. The highest BCUT2D eigenvalue weighted by Gasteiger charge is 2.17. The third-order valence-electron chi connectivity index (χ3n) is 4.58. The Kier molecular flexibility index (Phi) is 6.26. The van der Waals surface area contributed by atoms with Crippen molar-refractivity contribution in [2.75, 3.05) is 34.6 Å². The van der Waals surface area contributed by atoms with E-state index in [1.54, 1.807) is 14.2 Å². The summed E-state index contributed by atoms with van der Waals surface area (Å²) in [4.78, 5) is 14.4. The van der Waals surface area contributed by atoms with Gasteiger partial charge in [-0.05, 0) is 49.9 Å². The quantitative estimate of drug-likeness (QED) is 0.752. The molecule has 150 valence electrons. The highest BCUT2D eigenvalue weighted by Crippen LogP contribution is 2.33. The first-order valence-electron chi connectivity index (χ1n) is 9.08. The molecule has 1 aliphatic rings. The van der Waals surface area contributed by atoms with Gasteiger partial charge in [-0.3, -0.25) is 9.69 Å². The second kappa shape index (κ2) is 8.84. The summed E-state index contributed by atoms with van der Waals surface area (Å²) in [5.74, 6) is 2.86. The van der Waals surface area contributed by atoms with Crippen LogP contribution in [0.2, 0.25) is 0 Å². The minimum absolute atomic E-state index is 0.0689. The molecule has 1 atom stereocenters. The van der Waals surface area contributed by atoms with E-state index in [1.807, 2.05) is 55.3 Å². The zero-order valence-corrected chi connectivity index (χ0v) is 16.7. The molecule has 0 radical (unpaired) electrons. The van der Waals surface area contributed by atoms with Crippen molar-refractivity contribution in [2.45, 2.75) is 19.5 Å². The van der Waals surface area contributed by atoms with E-state index in [9.17, 15) is 4.79 Å². The number of nitrogens with zero attached hydrogens (tertiary/aromatic N) is 1. The fraction of sp³-hybridized carbons (Fsp3) is 0.381. The molecule has 1 heterocycles. The van der Waals surface area contributed by atoms with Crippen LogP contribution in [0.25, 0.3) is 0 Å². The average molecular weight is 386 g/mol. The number of ether oxygens (including phenoxy) is 4. The summed E-state index contributed by atoms with van der Waals surface area (Å²) in [5, 5.41) is 3.02. The molecule has 0 spiro atoms. The smallest absolute Gasteiger partial charge is 0.234 e. The van der Waals surface area contributed by atoms with E-state index >= 15 is 0 Å². The Labute approximate surface area is 165 Å². The fourth-order valence-electron chi connectivity index (χ4n) is 3.19. The molecular formula is C21H26N2O5. The van der Waals surface area contributed by atoms with Crippen molar-refractivity contribution in [1.29, 1.82) is 0 Å². The van der Waals surface area contributed by atoms with E-state index in [0.29, 0.717) is 12.3 Å². The van der Waals surface area contributed by atoms with Gasteiger partial charge in [0.05, 0.1) is 26.8 Å². The van der Waals surface area contributed by atoms with Crippen LogP contribution in [0.15, 0.2) is 36.4 Å². The van der Waals surface area contributed by atoms with Gasteiger partial charge in [0.25, 0.3) is 0 Å². The second-order valence-electron chi connectivity index (χ2n) is 6.76. The minimum atomic E-state index is -0.212. The van der Waals surface area contributed by atoms with Gasteiger partial charge in [0.15, 0.2) is 11.5 Å². The van der Waals surface area contributed by atoms with Crippen LogP contribution in [0.5, 0.6) is 23.0 Å². The molecule has 28 heavy (non-hydrogen) atoms. The number of nitrogens with one attached hydrogen (secondary N) is 1. The molecule has 0 saturated carbocycles.